The third-order valence-electron chi connectivity index (χ3n) is 2.49. The van der Waals surface area contributed by atoms with Crippen LogP contribution in [-0.4, -0.2) is 8.42 Å². The van der Waals surface area contributed by atoms with Crippen LogP contribution in [0.15, 0.2) is 47.4 Å². The van der Waals surface area contributed by atoms with Crippen LogP contribution in [0.2, 0.25) is 0 Å². The van der Waals surface area contributed by atoms with Gasteiger partial charge < -0.3 is 5.73 Å². The van der Waals surface area contributed by atoms with Crippen LogP contribution >= 0.6 is 0 Å². The molecule has 0 spiro atoms. The third kappa shape index (κ3) is 3.29. The van der Waals surface area contributed by atoms with Crippen molar-refractivity contribution in [1.29, 1.82) is 0 Å². The van der Waals surface area contributed by atoms with E-state index in [1.54, 1.807) is 0 Å². The molecule has 0 atom stereocenters. The van der Waals surface area contributed by atoms with Crippen LogP contribution in [0.3, 0.4) is 0 Å². The van der Waals surface area contributed by atoms with Gasteiger partial charge in [-0.05, 0) is 42.0 Å². The lowest BCUT2D eigenvalue weighted by Gasteiger charge is -2.06. The Labute approximate surface area is 109 Å². The monoisotopic (exact) mass is 283 g/mol. The average Bonchev–Trinajstić information content (AvgIpc) is 2.26. The molecule has 100 valence electrons. The number of rotatable bonds is 3. The van der Waals surface area contributed by atoms with Gasteiger partial charge in [0, 0.05) is 5.69 Å². The summed E-state index contributed by atoms with van der Waals surface area (Å²) >= 11 is 0. The van der Waals surface area contributed by atoms with Gasteiger partial charge in [0.05, 0.1) is 10.6 Å². The molecule has 2 rings (SSSR count). The molecule has 3 nitrogen and oxygen atoms in total. The topological polar surface area (TPSA) is 60.2 Å². The first-order valence-corrected chi connectivity index (χ1v) is 7.05. The van der Waals surface area contributed by atoms with Crippen molar-refractivity contribution in [2.24, 2.45) is 0 Å². The van der Waals surface area contributed by atoms with Crippen molar-refractivity contribution >= 4 is 15.5 Å². The Morgan fingerprint density at radius 2 is 1.74 bits per heavy atom. The van der Waals surface area contributed by atoms with Gasteiger partial charge in [-0.25, -0.2) is 17.2 Å². The van der Waals surface area contributed by atoms with Gasteiger partial charge in [-0.1, -0.05) is 6.07 Å². The number of sulfone groups is 1. The van der Waals surface area contributed by atoms with E-state index in [0.29, 0.717) is 0 Å². The molecule has 0 fully saturated rings. The van der Waals surface area contributed by atoms with Gasteiger partial charge in [0.1, 0.15) is 11.6 Å². The summed E-state index contributed by atoms with van der Waals surface area (Å²) in [4.78, 5) is -0.143. The largest absolute Gasteiger partial charge is 0.399 e. The average molecular weight is 283 g/mol. The standard InChI is InChI=1S/C13H11F2NO2S/c14-10-2-1-3-13(7-10)19(17,18)8-9-4-11(15)6-12(16)5-9/h1-7H,8,16H2. The van der Waals surface area contributed by atoms with Crippen LogP contribution < -0.4 is 5.73 Å². The molecule has 2 aromatic carbocycles. The number of nitrogens with two attached hydrogens (primary N) is 1. The van der Waals surface area contributed by atoms with Gasteiger partial charge >= 0.3 is 0 Å². The second-order valence-electron chi connectivity index (χ2n) is 4.11. The summed E-state index contributed by atoms with van der Waals surface area (Å²) in [5.41, 5.74) is 5.81. The zero-order chi connectivity index (χ0) is 14.0. The van der Waals surface area contributed by atoms with Crippen molar-refractivity contribution in [2.45, 2.75) is 10.6 Å². The summed E-state index contributed by atoms with van der Waals surface area (Å²) in [7, 11) is -3.73. The maximum atomic E-state index is 13.1. The number of benzene rings is 2. The molecule has 0 saturated heterocycles. The number of halogens is 2. The first kappa shape index (κ1) is 13.5. The summed E-state index contributed by atoms with van der Waals surface area (Å²) in [5.74, 6) is -1.68. The summed E-state index contributed by atoms with van der Waals surface area (Å²) in [6.45, 7) is 0. The van der Waals surface area contributed by atoms with E-state index in [9.17, 15) is 17.2 Å². The fraction of sp³-hybridized carbons (Fsp3) is 0.0769. The number of nitrogen functional groups attached to an aromatic ring is 1. The van der Waals surface area contributed by atoms with Crippen LogP contribution in [0.25, 0.3) is 0 Å². The summed E-state index contributed by atoms with van der Waals surface area (Å²) in [5, 5.41) is 0. The summed E-state index contributed by atoms with van der Waals surface area (Å²) in [6.07, 6.45) is 0. The predicted octanol–water partition coefficient (Wildman–Crippen LogP) is 2.52. The van der Waals surface area contributed by atoms with Crippen LogP contribution in [-0.2, 0) is 15.6 Å². The lowest BCUT2D eigenvalue weighted by atomic mass is 10.2. The van der Waals surface area contributed by atoms with Crippen LogP contribution in [0, 0.1) is 11.6 Å². The van der Waals surface area contributed by atoms with Gasteiger partial charge in [-0.3, -0.25) is 0 Å². The molecule has 0 aliphatic rings. The Morgan fingerprint density at radius 3 is 2.37 bits per heavy atom. The molecule has 19 heavy (non-hydrogen) atoms. The molecule has 0 amide bonds. The van der Waals surface area contributed by atoms with E-state index >= 15 is 0 Å². The van der Waals surface area contributed by atoms with Crippen LogP contribution in [0.4, 0.5) is 14.5 Å². The normalized spacial score (nSPS) is 11.5. The lowest BCUT2D eigenvalue weighted by Crippen LogP contribution is -2.06. The van der Waals surface area contributed by atoms with E-state index in [0.717, 1.165) is 24.3 Å². The van der Waals surface area contributed by atoms with Gasteiger partial charge in [0.25, 0.3) is 0 Å². The molecule has 2 N–H and O–H groups in total. The van der Waals surface area contributed by atoms with Gasteiger partial charge in [0.2, 0.25) is 0 Å². The van der Waals surface area contributed by atoms with Crippen molar-refractivity contribution in [3.8, 4) is 0 Å². The van der Waals surface area contributed by atoms with Crippen molar-refractivity contribution in [1.82, 2.24) is 0 Å². The van der Waals surface area contributed by atoms with Crippen molar-refractivity contribution in [3.05, 3.63) is 59.7 Å². The highest BCUT2D eigenvalue weighted by atomic mass is 32.2. The first-order chi connectivity index (χ1) is 8.87. The van der Waals surface area contributed by atoms with Gasteiger partial charge in [-0.15, -0.1) is 0 Å². The summed E-state index contributed by atoms with van der Waals surface area (Å²) < 4.78 is 50.2. The van der Waals surface area contributed by atoms with Crippen molar-refractivity contribution in [3.63, 3.8) is 0 Å². The maximum Gasteiger partial charge on any atom is 0.182 e. The highest BCUT2D eigenvalue weighted by Crippen LogP contribution is 2.19. The first-order valence-electron chi connectivity index (χ1n) is 5.40. The molecule has 0 radical (unpaired) electrons. The van der Waals surface area contributed by atoms with E-state index in [2.05, 4.69) is 0 Å². The lowest BCUT2D eigenvalue weighted by molar-refractivity contribution is 0.589. The highest BCUT2D eigenvalue weighted by Gasteiger charge is 2.16. The van der Waals surface area contributed by atoms with E-state index in [4.69, 9.17) is 5.73 Å². The number of anilines is 1. The Bertz CT molecular complexity index is 694. The molecule has 0 saturated carbocycles. The molecule has 0 bridgehead atoms. The SMILES string of the molecule is Nc1cc(F)cc(CS(=O)(=O)c2cccc(F)c2)c1. The number of hydrogen-bond donors (Lipinski definition) is 1. The molecule has 6 heteroatoms. The molecule has 0 heterocycles. The van der Waals surface area contributed by atoms with E-state index in [1.807, 2.05) is 0 Å². The third-order valence-corrected chi connectivity index (χ3v) is 4.18. The fourth-order valence-corrected chi connectivity index (χ4v) is 3.07. The molecule has 0 unspecified atom stereocenters. The Hall–Kier alpha value is -1.95. The number of hydrogen-bond acceptors (Lipinski definition) is 3. The van der Waals surface area contributed by atoms with Crippen molar-refractivity contribution < 1.29 is 17.2 Å². The zero-order valence-electron chi connectivity index (χ0n) is 9.81. The molecular weight excluding hydrogens is 272 g/mol. The minimum absolute atomic E-state index is 0.143. The summed E-state index contributed by atoms with van der Waals surface area (Å²) in [6, 6.07) is 8.24. The van der Waals surface area contributed by atoms with Gasteiger partial charge in [-0.2, -0.15) is 0 Å². The molecule has 0 aliphatic carbocycles. The predicted molar refractivity (Wildman–Crippen MR) is 68.1 cm³/mol. The Morgan fingerprint density at radius 1 is 1.00 bits per heavy atom. The zero-order valence-corrected chi connectivity index (χ0v) is 10.6. The molecular formula is C13H11F2NO2S. The Kier molecular flexibility index (Phi) is 3.53. The minimum atomic E-state index is -3.73. The van der Waals surface area contributed by atoms with Gasteiger partial charge in [0.15, 0.2) is 9.84 Å². The maximum absolute atomic E-state index is 13.1. The van der Waals surface area contributed by atoms with Crippen LogP contribution in [0.5, 0.6) is 0 Å². The molecule has 0 aromatic heterocycles. The quantitative estimate of drug-likeness (QED) is 0.880. The highest BCUT2D eigenvalue weighted by molar-refractivity contribution is 7.90. The van der Waals surface area contributed by atoms with E-state index in [1.165, 1.54) is 18.2 Å². The molecule has 2 aromatic rings. The second kappa shape index (κ2) is 4.97. The minimum Gasteiger partial charge on any atom is -0.399 e. The smallest absolute Gasteiger partial charge is 0.182 e. The second-order valence-corrected chi connectivity index (χ2v) is 6.10. The van der Waals surface area contributed by atoms with Crippen LogP contribution in [0.1, 0.15) is 5.56 Å². The van der Waals surface area contributed by atoms with E-state index in [-0.39, 0.29) is 16.1 Å². The fourth-order valence-electron chi connectivity index (χ4n) is 1.72. The van der Waals surface area contributed by atoms with Crippen molar-refractivity contribution in [2.75, 3.05) is 5.73 Å². The van der Waals surface area contributed by atoms with E-state index < -0.39 is 27.2 Å². The molecule has 0 aliphatic heterocycles. The Balaban J connectivity index is 2.36.